The van der Waals surface area contributed by atoms with Crippen molar-refractivity contribution in [2.24, 2.45) is 0 Å². The second-order valence-electron chi connectivity index (χ2n) is 1.33. The Morgan fingerprint density at radius 2 is 2.12 bits per heavy atom. The summed E-state index contributed by atoms with van der Waals surface area (Å²) >= 11 is 0. The Balaban J connectivity index is 3.19. The van der Waals surface area contributed by atoms with Gasteiger partial charge in [0.15, 0.2) is 19.3 Å². The van der Waals surface area contributed by atoms with Crippen molar-refractivity contribution in [3.63, 3.8) is 0 Å². The highest BCUT2D eigenvalue weighted by Gasteiger charge is 2.03. The zero-order chi connectivity index (χ0) is 6.15. The molecule has 0 saturated carbocycles. The van der Waals surface area contributed by atoms with Crippen LogP contribution in [0.5, 0.6) is 11.5 Å². The first-order valence-corrected chi connectivity index (χ1v) is 1.96. The van der Waals surface area contributed by atoms with Crippen LogP contribution >= 0.6 is 0 Å². The van der Waals surface area contributed by atoms with Crippen molar-refractivity contribution in [3.05, 3.63) is 6.26 Å². The lowest BCUT2D eigenvalue weighted by atomic mass is 10.1. The molecule has 0 aliphatic rings. The van der Waals surface area contributed by atoms with Gasteiger partial charge in [0.2, 0.25) is 0 Å². The number of rotatable bonds is 0. The quantitative estimate of drug-likeness (QED) is 0.442. The summed E-state index contributed by atoms with van der Waals surface area (Å²) in [4.78, 5) is 0. The van der Waals surface area contributed by atoms with Crippen LogP contribution in [0.2, 0.25) is 0 Å². The van der Waals surface area contributed by atoms with Crippen molar-refractivity contribution in [3.8, 4) is 11.5 Å². The van der Waals surface area contributed by atoms with Crippen LogP contribution in [-0.4, -0.2) is 18.1 Å². The zero-order valence-corrected chi connectivity index (χ0v) is 3.96. The molecule has 0 unspecified atom stereocenters. The first-order chi connectivity index (χ1) is 3.72. The van der Waals surface area contributed by atoms with Crippen LogP contribution in [0.4, 0.5) is 0 Å². The van der Waals surface area contributed by atoms with Gasteiger partial charge in [0.05, 0.1) is 5.66 Å². The first-order valence-electron chi connectivity index (χ1n) is 1.96. The van der Waals surface area contributed by atoms with Gasteiger partial charge in [-0.05, 0) is 0 Å². The van der Waals surface area contributed by atoms with Gasteiger partial charge in [0.1, 0.15) is 6.26 Å². The highest BCUT2D eigenvalue weighted by atomic mass is 16.4. The van der Waals surface area contributed by atoms with E-state index in [1.165, 1.54) is 0 Å². The minimum atomic E-state index is -0.398. The Morgan fingerprint density at radius 1 is 1.50 bits per heavy atom. The fourth-order valence-electron chi connectivity index (χ4n) is 0.357. The van der Waals surface area contributed by atoms with Crippen LogP contribution in [0.3, 0.4) is 0 Å². The Hall–Kier alpha value is -1.06. The topological polar surface area (TPSA) is 53.6 Å². The van der Waals surface area contributed by atoms with Crippen molar-refractivity contribution >= 4 is 13.5 Å². The monoisotopic (exact) mass is 110 g/mol. The summed E-state index contributed by atoms with van der Waals surface area (Å²) in [5.74, 6) is -0.729. The summed E-state index contributed by atoms with van der Waals surface area (Å²) in [5, 5.41) is 17.1. The Bertz CT molecular complexity index is 174. The Labute approximate surface area is 47.0 Å². The number of hydrogen-bond acceptors (Lipinski definition) is 3. The largest absolute Gasteiger partial charge is 0.503 e. The summed E-state index contributed by atoms with van der Waals surface area (Å²) in [5.41, 5.74) is -0.164. The number of aromatic hydroxyl groups is 2. The maximum atomic E-state index is 8.58. The maximum Gasteiger partial charge on any atom is 0.196 e. The predicted octanol–water partition coefficient (Wildman–Crippen LogP) is -0.515. The lowest BCUT2D eigenvalue weighted by molar-refractivity contribution is 0.409. The third kappa shape index (κ3) is 0.539. The maximum absolute atomic E-state index is 8.58. The second kappa shape index (κ2) is 1.47. The van der Waals surface area contributed by atoms with Crippen molar-refractivity contribution in [1.29, 1.82) is 0 Å². The molecule has 8 heavy (non-hydrogen) atoms. The molecule has 0 saturated heterocycles. The van der Waals surface area contributed by atoms with E-state index in [2.05, 4.69) is 4.42 Å². The number of furan rings is 1. The van der Waals surface area contributed by atoms with Gasteiger partial charge in [-0.1, -0.05) is 0 Å². The highest BCUT2D eigenvalue weighted by molar-refractivity contribution is 6.32. The number of hydrogen-bond donors (Lipinski definition) is 2. The molecular weight excluding hydrogens is 107 g/mol. The Kier molecular flexibility index (Phi) is 0.935. The van der Waals surface area contributed by atoms with Crippen LogP contribution < -0.4 is 5.66 Å². The van der Waals surface area contributed by atoms with Gasteiger partial charge in [-0.15, -0.1) is 0 Å². The van der Waals surface area contributed by atoms with Crippen LogP contribution in [-0.2, 0) is 0 Å². The molecule has 1 aromatic heterocycles. The van der Waals surface area contributed by atoms with Crippen LogP contribution in [0.15, 0.2) is 10.7 Å². The van der Waals surface area contributed by atoms with E-state index in [1.54, 1.807) is 0 Å². The molecule has 1 heterocycles. The average molecular weight is 110 g/mol. The van der Waals surface area contributed by atoms with Crippen LogP contribution in [0, 0.1) is 0 Å². The molecule has 1 rings (SSSR count). The molecule has 0 atom stereocenters. The molecule has 2 radical (unpaired) electrons. The van der Waals surface area contributed by atoms with Crippen molar-refractivity contribution < 1.29 is 14.6 Å². The highest BCUT2D eigenvalue weighted by Crippen LogP contribution is 2.20. The summed E-state index contributed by atoms with van der Waals surface area (Å²) < 4.78 is 4.37. The summed E-state index contributed by atoms with van der Waals surface area (Å²) in [6, 6.07) is 0. The molecule has 2 N–H and O–H groups in total. The summed E-state index contributed by atoms with van der Waals surface area (Å²) in [6.45, 7) is 0. The molecule has 0 spiro atoms. The molecule has 0 aliphatic carbocycles. The van der Waals surface area contributed by atoms with Gasteiger partial charge < -0.3 is 14.6 Å². The standard InChI is InChI=1S/C4H3BO3/c5-4-3(7)2(6)1-8-4/h1,6-7H. The normalized spacial score (nSPS) is 9.50. The molecule has 0 aromatic carbocycles. The van der Waals surface area contributed by atoms with Crippen molar-refractivity contribution in [1.82, 2.24) is 0 Å². The third-order valence-electron chi connectivity index (χ3n) is 0.774. The van der Waals surface area contributed by atoms with Gasteiger partial charge in [0, 0.05) is 0 Å². The van der Waals surface area contributed by atoms with Crippen molar-refractivity contribution in [2.75, 3.05) is 0 Å². The van der Waals surface area contributed by atoms with Gasteiger partial charge in [-0.25, -0.2) is 0 Å². The van der Waals surface area contributed by atoms with Gasteiger partial charge in [-0.3, -0.25) is 0 Å². The van der Waals surface area contributed by atoms with Crippen LogP contribution in [0.25, 0.3) is 0 Å². The molecular formula is C4H3BO3. The Morgan fingerprint density at radius 3 is 2.25 bits per heavy atom. The smallest absolute Gasteiger partial charge is 0.196 e. The SMILES string of the molecule is [B]c1occ(O)c1O. The van der Waals surface area contributed by atoms with Gasteiger partial charge in [-0.2, -0.15) is 0 Å². The predicted molar refractivity (Wildman–Crippen MR) is 27.4 cm³/mol. The van der Waals surface area contributed by atoms with Gasteiger partial charge >= 0.3 is 0 Å². The zero-order valence-electron chi connectivity index (χ0n) is 3.96. The average Bonchev–Trinajstić information content (AvgIpc) is 1.98. The van der Waals surface area contributed by atoms with E-state index in [0.717, 1.165) is 6.26 Å². The fraction of sp³-hybridized carbons (Fsp3) is 0. The van der Waals surface area contributed by atoms with Crippen molar-refractivity contribution in [2.45, 2.75) is 0 Å². The van der Waals surface area contributed by atoms with E-state index in [1.807, 2.05) is 0 Å². The second-order valence-corrected chi connectivity index (χ2v) is 1.33. The van der Waals surface area contributed by atoms with E-state index in [0.29, 0.717) is 0 Å². The van der Waals surface area contributed by atoms with E-state index in [9.17, 15) is 0 Å². The lowest BCUT2D eigenvalue weighted by Gasteiger charge is -1.83. The fourth-order valence-corrected chi connectivity index (χ4v) is 0.357. The van der Waals surface area contributed by atoms with E-state index < -0.39 is 5.75 Å². The molecule has 0 fully saturated rings. The van der Waals surface area contributed by atoms with E-state index in [4.69, 9.17) is 18.1 Å². The lowest BCUT2D eigenvalue weighted by Crippen LogP contribution is -1.95. The van der Waals surface area contributed by atoms with E-state index >= 15 is 0 Å². The summed E-state index contributed by atoms with van der Waals surface area (Å²) in [7, 11) is 4.96. The molecule has 4 heteroatoms. The van der Waals surface area contributed by atoms with Gasteiger partial charge in [0.25, 0.3) is 0 Å². The summed E-state index contributed by atoms with van der Waals surface area (Å²) in [6.07, 6.45) is 0.963. The molecule has 3 nitrogen and oxygen atoms in total. The molecule has 40 valence electrons. The van der Waals surface area contributed by atoms with E-state index in [-0.39, 0.29) is 11.4 Å². The first kappa shape index (κ1) is 5.09. The molecule has 0 bridgehead atoms. The molecule has 0 amide bonds. The third-order valence-corrected chi connectivity index (χ3v) is 0.774. The molecule has 0 aliphatic heterocycles. The minimum Gasteiger partial charge on any atom is -0.503 e. The molecule has 1 aromatic rings. The minimum absolute atomic E-state index is 0.164. The van der Waals surface area contributed by atoms with Crippen LogP contribution in [0.1, 0.15) is 0 Å².